The fourth-order valence-electron chi connectivity index (χ4n) is 2.20. The molecule has 2 aromatic carbocycles. The molecule has 0 unspecified atom stereocenters. The van der Waals surface area contributed by atoms with E-state index in [0.29, 0.717) is 11.4 Å². The fraction of sp³-hybridized carbons (Fsp3) is 0. The van der Waals surface area contributed by atoms with Gasteiger partial charge in [0.15, 0.2) is 0 Å². The summed E-state index contributed by atoms with van der Waals surface area (Å²) >= 11 is 0. The molecule has 0 aliphatic rings. The van der Waals surface area contributed by atoms with Gasteiger partial charge in [0.05, 0.1) is 5.52 Å². The quantitative estimate of drug-likeness (QED) is 0.708. The number of aldehydes is 1. The smallest absolute Gasteiger partial charge is 0.150 e. The summed E-state index contributed by atoms with van der Waals surface area (Å²) in [6.07, 6.45) is 0.812. The van der Waals surface area contributed by atoms with Crippen LogP contribution in [0.5, 0.6) is 0 Å². The Balaban J connectivity index is 2.33. The average molecular weight is 248 g/mol. The van der Waals surface area contributed by atoms with Crippen molar-refractivity contribution in [2.45, 2.75) is 0 Å². The molecule has 0 bridgehead atoms. The van der Waals surface area contributed by atoms with Crippen LogP contribution >= 0.6 is 0 Å². The number of nitrogen functional groups attached to an aromatic ring is 1. The number of hydrogen-bond donors (Lipinski definition) is 1. The summed E-state index contributed by atoms with van der Waals surface area (Å²) in [4.78, 5) is 15.1. The molecule has 3 nitrogen and oxygen atoms in total. The van der Waals surface area contributed by atoms with E-state index in [4.69, 9.17) is 5.73 Å². The van der Waals surface area contributed by atoms with E-state index in [1.165, 1.54) is 0 Å². The molecule has 0 atom stereocenters. The second-order valence-electron chi connectivity index (χ2n) is 4.36. The first-order valence-corrected chi connectivity index (χ1v) is 5.99. The van der Waals surface area contributed by atoms with E-state index in [2.05, 4.69) is 4.98 Å². The lowest BCUT2D eigenvalue weighted by atomic mass is 10.00. The van der Waals surface area contributed by atoms with Crippen LogP contribution in [0.2, 0.25) is 0 Å². The zero-order valence-electron chi connectivity index (χ0n) is 10.2. The number of carbonyl (C=O) groups excluding carboxylic acids is 1. The van der Waals surface area contributed by atoms with Gasteiger partial charge in [-0.1, -0.05) is 42.5 Å². The molecule has 0 fully saturated rings. The monoisotopic (exact) mass is 248 g/mol. The van der Waals surface area contributed by atoms with Gasteiger partial charge in [-0.05, 0) is 23.3 Å². The summed E-state index contributed by atoms with van der Waals surface area (Å²) in [5.41, 5.74) is 9.31. The average Bonchev–Trinajstić information content (AvgIpc) is 2.46. The maximum atomic E-state index is 10.8. The molecule has 0 saturated heterocycles. The summed E-state index contributed by atoms with van der Waals surface area (Å²) in [7, 11) is 0. The minimum absolute atomic E-state index is 0.453. The van der Waals surface area contributed by atoms with Crippen molar-refractivity contribution in [3.8, 4) is 11.1 Å². The van der Waals surface area contributed by atoms with E-state index < -0.39 is 0 Å². The molecule has 0 aliphatic carbocycles. The third-order valence-electron chi connectivity index (χ3n) is 3.07. The van der Waals surface area contributed by atoms with E-state index in [0.717, 1.165) is 28.3 Å². The van der Waals surface area contributed by atoms with E-state index >= 15 is 0 Å². The van der Waals surface area contributed by atoms with Crippen LogP contribution in [0.4, 0.5) is 5.82 Å². The van der Waals surface area contributed by atoms with Gasteiger partial charge >= 0.3 is 0 Å². The van der Waals surface area contributed by atoms with Crippen LogP contribution in [0, 0.1) is 0 Å². The molecule has 1 heterocycles. The van der Waals surface area contributed by atoms with Gasteiger partial charge in [-0.25, -0.2) is 4.98 Å². The van der Waals surface area contributed by atoms with Crippen LogP contribution < -0.4 is 5.73 Å². The molecule has 2 N–H and O–H groups in total. The topological polar surface area (TPSA) is 56.0 Å². The SMILES string of the molecule is Nc1cc(-c2ccccc2)c2ccc(C=O)cc2n1. The highest BCUT2D eigenvalue weighted by Gasteiger charge is 2.07. The number of benzene rings is 2. The summed E-state index contributed by atoms with van der Waals surface area (Å²) in [5, 5.41) is 0.992. The van der Waals surface area contributed by atoms with Gasteiger partial charge < -0.3 is 5.73 Å². The van der Waals surface area contributed by atoms with Crippen molar-refractivity contribution in [2.24, 2.45) is 0 Å². The highest BCUT2D eigenvalue weighted by Crippen LogP contribution is 2.29. The molecular weight excluding hydrogens is 236 g/mol. The first-order valence-electron chi connectivity index (χ1n) is 5.99. The third kappa shape index (κ3) is 2.06. The summed E-state index contributed by atoms with van der Waals surface area (Å²) in [6, 6.07) is 17.3. The van der Waals surface area contributed by atoms with Gasteiger partial charge in [-0.3, -0.25) is 4.79 Å². The third-order valence-corrected chi connectivity index (χ3v) is 3.07. The summed E-state index contributed by atoms with van der Waals surface area (Å²) < 4.78 is 0. The van der Waals surface area contributed by atoms with Crippen LogP contribution in [0.25, 0.3) is 22.0 Å². The van der Waals surface area contributed by atoms with Crippen molar-refractivity contribution in [3.05, 3.63) is 60.2 Å². The minimum atomic E-state index is 0.453. The van der Waals surface area contributed by atoms with Crippen LogP contribution in [0.1, 0.15) is 10.4 Å². The summed E-state index contributed by atoms with van der Waals surface area (Å²) in [6.45, 7) is 0. The Morgan fingerprint density at radius 2 is 1.79 bits per heavy atom. The van der Waals surface area contributed by atoms with Crippen LogP contribution in [-0.4, -0.2) is 11.3 Å². The number of carbonyl (C=O) groups is 1. The standard InChI is InChI=1S/C16H12N2O/c17-16-9-14(12-4-2-1-3-5-12)13-7-6-11(10-19)8-15(13)18-16/h1-10H,(H2,17,18). The van der Waals surface area contributed by atoms with Gasteiger partial charge in [-0.15, -0.1) is 0 Å². The predicted octanol–water partition coefficient (Wildman–Crippen LogP) is 3.30. The lowest BCUT2D eigenvalue weighted by Crippen LogP contribution is -1.94. The lowest BCUT2D eigenvalue weighted by Gasteiger charge is -2.08. The molecule has 3 heteroatoms. The van der Waals surface area contributed by atoms with Gasteiger partial charge in [0.2, 0.25) is 0 Å². The molecule has 0 spiro atoms. The predicted molar refractivity (Wildman–Crippen MR) is 77.0 cm³/mol. The van der Waals surface area contributed by atoms with Crippen molar-refractivity contribution in [2.75, 3.05) is 5.73 Å². The molecule has 3 rings (SSSR count). The molecule has 19 heavy (non-hydrogen) atoms. The van der Waals surface area contributed by atoms with Gasteiger partial charge in [0.25, 0.3) is 0 Å². The van der Waals surface area contributed by atoms with E-state index in [-0.39, 0.29) is 0 Å². The van der Waals surface area contributed by atoms with Gasteiger partial charge in [0, 0.05) is 10.9 Å². The Morgan fingerprint density at radius 3 is 2.53 bits per heavy atom. The summed E-state index contributed by atoms with van der Waals surface area (Å²) in [5.74, 6) is 0.453. The number of fused-ring (bicyclic) bond motifs is 1. The molecule has 92 valence electrons. The van der Waals surface area contributed by atoms with Crippen molar-refractivity contribution in [1.82, 2.24) is 4.98 Å². The highest BCUT2D eigenvalue weighted by atomic mass is 16.1. The van der Waals surface area contributed by atoms with E-state index in [1.54, 1.807) is 12.1 Å². The normalized spacial score (nSPS) is 10.5. The second kappa shape index (κ2) is 4.53. The van der Waals surface area contributed by atoms with Crippen LogP contribution in [-0.2, 0) is 0 Å². The van der Waals surface area contributed by atoms with Gasteiger partial charge in [-0.2, -0.15) is 0 Å². The zero-order chi connectivity index (χ0) is 13.2. The van der Waals surface area contributed by atoms with Crippen LogP contribution in [0.15, 0.2) is 54.6 Å². The molecule has 0 saturated carbocycles. The number of rotatable bonds is 2. The second-order valence-corrected chi connectivity index (χ2v) is 4.36. The molecule has 0 radical (unpaired) electrons. The largest absolute Gasteiger partial charge is 0.384 e. The molecule has 0 aliphatic heterocycles. The minimum Gasteiger partial charge on any atom is -0.384 e. The van der Waals surface area contributed by atoms with Crippen molar-refractivity contribution in [3.63, 3.8) is 0 Å². The van der Waals surface area contributed by atoms with Gasteiger partial charge in [0.1, 0.15) is 12.1 Å². The Hall–Kier alpha value is -2.68. The Morgan fingerprint density at radius 1 is 1.00 bits per heavy atom. The van der Waals surface area contributed by atoms with Crippen molar-refractivity contribution in [1.29, 1.82) is 0 Å². The number of anilines is 1. The first kappa shape index (κ1) is 11.4. The fourth-order valence-corrected chi connectivity index (χ4v) is 2.20. The number of nitrogens with two attached hydrogens (primary N) is 1. The maximum Gasteiger partial charge on any atom is 0.150 e. The zero-order valence-corrected chi connectivity index (χ0v) is 10.2. The van der Waals surface area contributed by atoms with E-state index in [1.807, 2.05) is 42.5 Å². The Bertz CT molecular complexity index is 751. The number of pyridine rings is 1. The highest BCUT2D eigenvalue weighted by molar-refractivity contribution is 5.98. The molecule has 1 aromatic heterocycles. The van der Waals surface area contributed by atoms with Crippen molar-refractivity contribution < 1.29 is 4.79 Å². The van der Waals surface area contributed by atoms with E-state index in [9.17, 15) is 4.79 Å². The lowest BCUT2D eigenvalue weighted by molar-refractivity contribution is 0.112. The maximum absolute atomic E-state index is 10.8. The Labute approximate surface area is 110 Å². The van der Waals surface area contributed by atoms with Crippen LogP contribution in [0.3, 0.4) is 0 Å². The Kier molecular flexibility index (Phi) is 2.72. The number of aromatic nitrogens is 1. The number of hydrogen-bond acceptors (Lipinski definition) is 3. The number of nitrogens with zero attached hydrogens (tertiary/aromatic N) is 1. The molecular formula is C16H12N2O. The molecule has 0 amide bonds. The molecule has 3 aromatic rings. The van der Waals surface area contributed by atoms with Crippen molar-refractivity contribution >= 4 is 23.0 Å². The first-order chi connectivity index (χ1) is 9.28.